The van der Waals surface area contributed by atoms with Gasteiger partial charge in [-0.15, -0.1) is 0 Å². The highest BCUT2D eigenvalue weighted by Gasteiger charge is 2.15. The highest BCUT2D eigenvalue weighted by Crippen LogP contribution is 2.21. The molecule has 1 aromatic carbocycles. The van der Waals surface area contributed by atoms with Gasteiger partial charge in [0.1, 0.15) is 0 Å². The largest absolute Gasteiger partial charge is 0.370 e. The molecule has 3 nitrogen and oxygen atoms in total. The molecule has 0 aliphatic rings. The minimum atomic E-state index is -0.267. The average molecular weight is 220 g/mol. The van der Waals surface area contributed by atoms with Gasteiger partial charge in [-0.25, -0.2) is 0 Å². The molecule has 0 radical (unpaired) electrons. The zero-order chi connectivity index (χ0) is 12.0. The van der Waals surface area contributed by atoms with Crippen molar-refractivity contribution < 1.29 is 4.79 Å². The van der Waals surface area contributed by atoms with E-state index in [1.54, 1.807) is 0 Å². The van der Waals surface area contributed by atoms with Gasteiger partial charge in [-0.1, -0.05) is 38.1 Å². The number of carbonyl (C=O) groups excluding carboxylic acids is 1. The summed E-state index contributed by atoms with van der Waals surface area (Å²) in [7, 11) is 0. The molecule has 88 valence electrons. The van der Waals surface area contributed by atoms with E-state index in [1.165, 1.54) is 11.1 Å². The molecule has 1 unspecified atom stereocenters. The van der Waals surface area contributed by atoms with Crippen LogP contribution in [-0.2, 0) is 11.2 Å². The predicted octanol–water partition coefficient (Wildman–Crippen LogP) is 1.77. The fourth-order valence-corrected chi connectivity index (χ4v) is 1.94. The molecule has 0 saturated carbocycles. The number of rotatable bonds is 6. The van der Waals surface area contributed by atoms with Crippen molar-refractivity contribution in [3.8, 4) is 0 Å². The van der Waals surface area contributed by atoms with Crippen LogP contribution in [0.25, 0.3) is 0 Å². The van der Waals surface area contributed by atoms with Gasteiger partial charge < -0.3 is 11.1 Å². The van der Waals surface area contributed by atoms with E-state index in [0.29, 0.717) is 6.42 Å². The third-order valence-corrected chi connectivity index (χ3v) is 2.67. The number of nitrogens with one attached hydrogen (secondary N) is 1. The molecule has 0 saturated heterocycles. The van der Waals surface area contributed by atoms with Gasteiger partial charge in [0, 0.05) is 12.5 Å². The first-order chi connectivity index (χ1) is 7.69. The third-order valence-electron chi connectivity index (χ3n) is 2.67. The van der Waals surface area contributed by atoms with Crippen LogP contribution in [0, 0.1) is 0 Å². The summed E-state index contributed by atoms with van der Waals surface area (Å²) in [6, 6.07) is 8.23. The first-order valence-electron chi connectivity index (χ1n) is 5.78. The van der Waals surface area contributed by atoms with Gasteiger partial charge in [0.2, 0.25) is 5.91 Å². The molecule has 1 atom stereocenters. The molecule has 1 amide bonds. The number of benzene rings is 1. The van der Waals surface area contributed by atoms with Crippen molar-refractivity contribution >= 4 is 5.91 Å². The van der Waals surface area contributed by atoms with Crippen LogP contribution in [0.15, 0.2) is 24.3 Å². The maximum Gasteiger partial charge on any atom is 0.219 e. The second kappa shape index (κ2) is 6.28. The Balaban J connectivity index is 2.94. The Morgan fingerprint density at radius 2 is 2.06 bits per heavy atom. The Kier molecular flexibility index (Phi) is 4.99. The first-order valence-corrected chi connectivity index (χ1v) is 5.78. The van der Waals surface area contributed by atoms with E-state index in [1.807, 2.05) is 19.1 Å². The van der Waals surface area contributed by atoms with Gasteiger partial charge in [0.15, 0.2) is 0 Å². The molecule has 0 aromatic heterocycles. The second-order valence-electron chi connectivity index (χ2n) is 3.83. The predicted molar refractivity (Wildman–Crippen MR) is 66.0 cm³/mol. The molecule has 0 aliphatic carbocycles. The van der Waals surface area contributed by atoms with Gasteiger partial charge in [0.05, 0.1) is 0 Å². The number of hydrogen-bond acceptors (Lipinski definition) is 2. The van der Waals surface area contributed by atoms with Crippen LogP contribution in [0.2, 0.25) is 0 Å². The molecule has 0 aliphatic heterocycles. The molecule has 0 spiro atoms. The Hall–Kier alpha value is -1.35. The minimum Gasteiger partial charge on any atom is -0.370 e. The molecule has 0 fully saturated rings. The van der Waals surface area contributed by atoms with Gasteiger partial charge in [-0.2, -0.15) is 0 Å². The smallest absolute Gasteiger partial charge is 0.219 e. The van der Waals surface area contributed by atoms with Gasteiger partial charge in [-0.05, 0) is 24.1 Å². The normalized spacial score (nSPS) is 12.4. The van der Waals surface area contributed by atoms with E-state index in [-0.39, 0.29) is 11.9 Å². The van der Waals surface area contributed by atoms with Crippen molar-refractivity contribution in [3.05, 3.63) is 35.4 Å². The van der Waals surface area contributed by atoms with Crippen LogP contribution in [0.5, 0.6) is 0 Å². The summed E-state index contributed by atoms with van der Waals surface area (Å²) < 4.78 is 0. The first kappa shape index (κ1) is 12.7. The highest BCUT2D eigenvalue weighted by atomic mass is 16.1. The quantitative estimate of drug-likeness (QED) is 0.767. The zero-order valence-corrected chi connectivity index (χ0v) is 9.99. The van der Waals surface area contributed by atoms with E-state index in [4.69, 9.17) is 5.73 Å². The van der Waals surface area contributed by atoms with Crippen molar-refractivity contribution in [1.29, 1.82) is 0 Å². The van der Waals surface area contributed by atoms with Crippen LogP contribution in [0.3, 0.4) is 0 Å². The third kappa shape index (κ3) is 3.35. The Morgan fingerprint density at radius 3 is 2.62 bits per heavy atom. The molecule has 1 aromatic rings. The molecule has 0 heterocycles. The molecular weight excluding hydrogens is 200 g/mol. The van der Waals surface area contributed by atoms with Crippen molar-refractivity contribution in [3.63, 3.8) is 0 Å². The van der Waals surface area contributed by atoms with Crippen molar-refractivity contribution in [1.82, 2.24) is 5.32 Å². The summed E-state index contributed by atoms with van der Waals surface area (Å²) in [6.45, 7) is 4.98. The Labute approximate surface area is 97.0 Å². The molecule has 3 heteroatoms. The average Bonchev–Trinajstić information content (AvgIpc) is 2.28. The Morgan fingerprint density at radius 1 is 1.38 bits per heavy atom. The monoisotopic (exact) mass is 220 g/mol. The number of primary amides is 1. The van der Waals surface area contributed by atoms with Crippen molar-refractivity contribution in [2.75, 3.05) is 6.54 Å². The standard InChI is InChI=1S/C13H20N2O/c1-3-10-7-5-6-8-11(10)12(15-4-2)9-13(14)16/h5-8,12,15H,3-4,9H2,1-2H3,(H2,14,16). The molecular formula is C13H20N2O. The molecule has 0 bridgehead atoms. The topological polar surface area (TPSA) is 55.1 Å². The fourth-order valence-electron chi connectivity index (χ4n) is 1.94. The summed E-state index contributed by atoms with van der Waals surface area (Å²) in [5.41, 5.74) is 7.73. The fraction of sp³-hybridized carbons (Fsp3) is 0.462. The molecule has 3 N–H and O–H groups in total. The van der Waals surface area contributed by atoms with Crippen LogP contribution in [0.1, 0.15) is 37.4 Å². The minimum absolute atomic E-state index is 0.0404. The number of amides is 1. The maximum absolute atomic E-state index is 11.0. The van der Waals surface area contributed by atoms with Crippen LogP contribution < -0.4 is 11.1 Å². The number of hydrogen-bond donors (Lipinski definition) is 2. The lowest BCUT2D eigenvalue weighted by molar-refractivity contribution is -0.118. The number of nitrogens with two attached hydrogens (primary N) is 1. The molecule has 1 rings (SSSR count). The lowest BCUT2D eigenvalue weighted by Gasteiger charge is -2.19. The summed E-state index contributed by atoms with van der Waals surface area (Å²) in [5, 5.41) is 3.30. The van der Waals surface area contributed by atoms with Crippen LogP contribution in [0.4, 0.5) is 0 Å². The SMILES string of the molecule is CCNC(CC(N)=O)c1ccccc1CC. The number of carbonyl (C=O) groups is 1. The van der Waals surface area contributed by atoms with Gasteiger partial charge in [-0.3, -0.25) is 4.79 Å². The summed E-state index contributed by atoms with van der Waals surface area (Å²) in [6.07, 6.45) is 1.32. The highest BCUT2D eigenvalue weighted by molar-refractivity contribution is 5.74. The summed E-state index contributed by atoms with van der Waals surface area (Å²) in [5.74, 6) is -0.267. The Bertz CT molecular complexity index is 350. The van der Waals surface area contributed by atoms with Crippen molar-refractivity contribution in [2.45, 2.75) is 32.7 Å². The second-order valence-corrected chi connectivity index (χ2v) is 3.83. The van der Waals surface area contributed by atoms with Crippen LogP contribution >= 0.6 is 0 Å². The summed E-state index contributed by atoms with van der Waals surface area (Å²) >= 11 is 0. The van der Waals surface area contributed by atoms with E-state index >= 15 is 0 Å². The van der Waals surface area contributed by atoms with Gasteiger partial charge >= 0.3 is 0 Å². The zero-order valence-electron chi connectivity index (χ0n) is 9.99. The lowest BCUT2D eigenvalue weighted by atomic mass is 9.96. The van der Waals surface area contributed by atoms with Crippen molar-refractivity contribution in [2.24, 2.45) is 5.73 Å². The molecule has 16 heavy (non-hydrogen) atoms. The van der Waals surface area contributed by atoms with Gasteiger partial charge in [0.25, 0.3) is 0 Å². The van der Waals surface area contributed by atoms with Crippen LogP contribution in [-0.4, -0.2) is 12.5 Å². The maximum atomic E-state index is 11.0. The lowest BCUT2D eigenvalue weighted by Crippen LogP contribution is -2.27. The summed E-state index contributed by atoms with van der Waals surface area (Å²) in [4.78, 5) is 11.0. The number of aryl methyl sites for hydroxylation is 1. The van der Waals surface area contributed by atoms with E-state index < -0.39 is 0 Å². The van der Waals surface area contributed by atoms with E-state index in [9.17, 15) is 4.79 Å². The van der Waals surface area contributed by atoms with E-state index in [2.05, 4.69) is 24.4 Å². The van der Waals surface area contributed by atoms with E-state index in [0.717, 1.165) is 13.0 Å².